The van der Waals surface area contributed by atoms with Gasteiger partial charge < -0.3 is 5.73 Å². The van der Waals surface area contributed by atoms with E-state index in [1.807, 2.05) is 11.7 Å². The van der Waals surface area contributed by atoms with Crippen LogP contribution in [0.4, 0.5) is 0 Å². The van der Waals surface area contributed by atoms with Crippen LogP contribution in [0.1, 0.15) is 22.4 Å². The van der Waals surface area contributed by atoms with Crippen LogP contribution in [0.2, 0.25) is 0 Å². The monoisotopic (exact) mass is 243 g/mol. The minimum Gasteiger partial charge on any atom is -0.330 e. The zero-order chi connectivity index (χ0) is 13.3. The summed E-state index contributed by atoms with van der Waals surface area (Å²) < 4.78 is 1.96. The molecule has 3 nitrogen and oxygen atoms in total. The zero-order valence-electron chi connectivity index (χ0n) is 11.6. The molecule has 0 atom stereocenters. The van der Waals surface area contributed by atoms with Gasteiger partial charge >= 0.3 is 0 Å². The van der Waals surface area contributed by atoms with Gasteiger partial charge in [0.1, 0.15) is 0 Å². The number of aromatic nitrogens is 2. The van der Waals surface area contributed by atoms with Crippen molar-refractivity contribution in [2.24, 2.45) is 12.8 Å². The Kier molecular flexibility index (Phi) is 3.53. The first-order valence-corrected chi connectivity index (χ1v) is 6.34. The third-order valence-corrected chi connectivity index (χ3v) is 3.54. The molecule has 96 valence electrons. The summed E-state index contributed by atoms with van der Waals surface area (Å²) in [5.41, 5.74) is 13.0. The Hall–Kier alpha value is -1.61. The first-order chi connectivity index (χ1) is 8.54. The molecule has 18 heavy (non-hydrogen) atoms. The van der Waals surface area contributed by atoms with Gasteiger partial charge in [-0.3, -0.25) is 4.68 Å². The number of nitrogens with two attached hydrogens (primary N) is 1. The second kappa shape index (κ2) is 4.94. The molecule has 0 fully saturated rings. The summed E-state index contributed by atoms with van der Waals surface area (Å²) in [5, 5.41) is 4.57. The SMILES string of the molecule is Cc1ccc(-c2c(C)c(CCN)nn2C)cc1C. The number of nitrogens with zero attached hydrogens (tertiary/aromatic N) is 2. The lowest BCUT2D eigenvalue weighted by Crippen LogP contribution is -2.04. The number of hydrogen-bond acceptors (Lipinski definition) is 2. The Morgan fingerprint density at radius 2 is 1.89 bits per heavy atom. The third kappa shape index (κ3) is 2.18. The second-order valence-electron chi connectivity index (χ2n) is 4.88. The third-order valence-electron chi connectivity index (χ3n) is 3.54. The predicted octanol–water partition coefficient (Wildman–Crippen LogP) is 2.51. The number of benzene rings is 1. The molecule has 0 unspecified atom stereocenters. The Bertz CT molecular complexity index is 567. The number of rotatable bonds is 3. The highest BCUT2D eigenvalue weighted by Gasteiger charge is 2.13. The van der Waals surface area contributed by atoms with Crippen LogP contribution in [-0.2, 0) is 13.5 Å². The summed E-state index contributed by atoms with van der Waals surface area (Å²) in [6.45, 7) is 7.05. The summed E-state index contributed by atoms with van der Waals surface area (Å²) in [5.74, 6) is 0. The topological polar surface area (TPSA) is 43.8 Å². The first kappa shape index (κ1) is 12.8. The van der Waals surface area contributed by atoms with Crippen LogP contribution in [0.5, 0.6) is 0 Å². The molecule has 1 aromatic heterocycles. The fraction of sp³-hybridized carbons (Fsp3) is 0.400. The summed E-state index contributed by atoms with van der Waals surface area (Å²) in [6.07, 6.45) is 0.838. The highest BCUT2D eigenvalue weighted by molar-refractivity contribution is 5.65. The van der Waals surface area contributed by atoms with Crippen molar-refractivity contribution in [1.82, 2.24) is 9.78 Å². The van der Waals surface area contributed by atoms with Crippen LogP contribution in [0, 0.1) is 20.8 Å². The lowest BCUT2D eigenvalue weighted by molar-refractivity contribution is 0.745. The molecule has 0 spiro atoms. The van der Waals surface area contributed by atoms with Crippen molar-refractivity contribution < 1.29 is 0 Å². The maximum absolute atomic E-state index is 5.62. The highest BCUT2D eigenvalue weighted by atomic mass is 15.3. The van der Waals surface area contributed by atoms with Crippen LogP contribution in [-0.4, -0.2) is 16.3 Å². The van der Waals surface area contributed by atoms with Gasteiger partial charge in [-0.25, -0.2) is 0 Å². The van der Waals surface area contributed by atoms with Crippen LogP contribution < -0.4 is 5.73 Å². The van der Waals surface area contributed by atoms with E-state index in [1.54, 1.807) is 0 Å². The van der Waals surface area contributed by atoms with Crippen molar-refractivity contribution in [3.63, 3.8) is 0 Å². The van der Waals surface area contributed by atoms with E-state index in [1.165, 1.54) is 27.9 Å². The zero-order valence-corrected chi connectivity index (χ0v) is 11.6. The van der Waals surface area contributed by atoms with Crippen LogP contribution in [0.15, 0.2) is 18.2 Å². The Balaban J connectivity index is 2.53. The maximum Gasteiger partial charge on any atom is 0.0711 e. The van der Waals surface area contributed by atoms with Gasteiger partial charge in [0.2, 0.25) is 0 Å². The molecule has 0 saturated carbocycles. The Labute approximate surface area is 109 Å². The molecule has 0 bridgehead atoms. The predicted molar refractivity (Wildman–Crippen MR) is 75.6 cm³/mol. The van der Waals surface area contributed by atoms with E-state index in [-0.39, 0.29) is 0 Å². The Morgan fingerprint density at radius 3 is 2.50 bits per heavy atom. The molecule has 0 aliphatic carbocycles. The number of aryl methyl sites for hydroxylation is 3. The summed E-state index contributed by atoms with van der Waals surface area (Å²) in [6, 6.07) is 6.56. The van der Waals surface area contributed by atoms with Crippen molar-refractivity contribution in [2.75, 3.05) is 6.54 Å². The smallest absolute Gasteiger partial charge is 0.0711 e. The molecule has 2 N–H and O–H groups in total. The maximum atomic E-state index is 5.62. The van der Waals surface area contributed by atoms with Gasteiger partial charge in [-0.15, -0.1) is 0 Å². The van der Waals surface area contributed by atoms with E-state index in [0.717, 1.165) is 12.1 Å². The molecule has 0 radical (unpaired) electrons. The second-order valence-corrected chi connectivity index (χ2v) is 4.88. The van der Waals surface area contributed by atoms with E-state index in [4.69, 9.17) is 5.73 Å². The first-order valence-electron chi connectivity index (χ1n) is 6.34. The largest absolute Gasteiger partial charge is 0.330 e. The number of hydrogen-bond donors (Lipinski definition) is 1. The molecule has 0 amide bonds. The van der Waals surface area contributed by atoms with Crippen molar-refractivity contribution in [2.45, 2.75) is 27.2 Å². The normalized spacial score (nSPS) is 10.9. The van der Waals surface area contributed by atoms with Gasteiger partial charge in [-0.2, -0.15) is 5.10 Å². The molecule has 1 aromatic carbocycles. The van der Waals surface area contributed by atoms with Gasteiger partial charge in [0, 0.05) is 19.0 Å². The molecule has 2 rings (SSSR count). The van der Waals surface area contributed by atoms with Crippen molar-refractivity contribution >= 4 is 0 Å². The minimum atomic E-state index is 0.643. The van der Waals surface area contributed by atoms with E-state index in [0.29, 0.717) is 6.54 Å². The summed E-state index contributed by atoms with van der Waals surface area (Å²) in [7, 11) is 2.00. The molecule has 2 aromatic rings. The van der Waals surface area contributed by atoms with Crippen LogP contribution in [0.25, 0.3) is 11.3 Å². The molecule has 0 aliphatic heterocycles. The fourth-order valence-corrected chi connectivity index (χ4v) is 2.35. The average molecular weight is 243 g/mol. The minimum absolute atomic E-state index is 0.643. The van der Waals surface area contributed by atoms with E-state index in [2.05, 4.69) is 44.1 Å². The van der Waals surface area contributed by atoms with Crippen molar-refractivity contribution in [3.05, 3.63) is 40.6 Å². The average Bonchev–Trinajstić information content (AvgIpc) is 2.59. The molecular weight excluding hydrogens is 222 g/mol. The van der Waals surface area contributed by atoms with E-state index in [9.17, 15) is 0 Å². The van der Waals surface area contributed by atoms with Crippen molar-refractivity contribution in [1.29, 1.82) is 0 Å². The van der Waals surface area contributed by atoms with Gasteiger partial charge in [-0.1, -0.05) is 12.1 Å². The molecule has 0 saturated heterocycles. The lowest BCUT2D eigenvalue weighted by atomic mass is 10.0. The van der Waals surface area contributed by atoms with Gasteiger partial charge in [0.15, 0.2) is 0 Å². The van der Waals surface area contributed by atoms with Gasteiger partial charge in [-0.05, 0) is 50.1 Å². The molecule has 1 heterocycles. The van der Waals surface area contributed by atoms with Crippen molar-refractivity contribution in [3.8, 4) is 11.3 Å². The van der Waals surface area contributed by atoms with E-state index >= 15 is 0 Å². The quantitative estimate of drug-likeness (QED) is 0.900. The van der Waals surface area contributed by atoms with Crippen LogP contribution >= 0.6 is 0 Å². The summed E-state index contributed by atoms with van der Waals surface area (Å²) >= 11 is 0. The molecule has 0 aliphatic rings. The standard InChI is InChI=1S/C15H21N3/c1-10-5-6-13(9-11(10)2)15-12(3)14(7-8-16)17-18(15)4/h5-6,9H,7-8,16H2,1-4H3. The van der Waals surface area contributed by atoms with Crippen LogP contribution in [0.3, 0.4) is 0 Å². The fourth-order valence-electron chi connectivity index (χ4n) is 2.35. The molecule has 3 heteroatoms. The highest BCUT2D eigenvalue weighted by Crippen LogP contribution is 2.27. The summed E-state index contributed by atoms with van der Waals surface area (Å²) in [4.78, 5) is 0. The van der Waals surface area contributed by atoms with Gasteiger partial charge in [0.25, 0.3) is 0 Å². The Morgan fingerprint density at radius 1 is 1.17 bits per heavy atom. The lowest BCUT2D eigenvalue weighted by Gasteiger charge is -2.07. The van der Waals surface area contributed by atoms with E-state index < -0.39 is 0 Å². The van der Waals surface area contributed by atoms with Gasteiger partial charge in [0.05, 0.1) is 11.4 Å². The molecular formula is C15H21N3.